The predicted molar refractivity (Wildman–Crippen MR) is 67.5 cm³/mol. The molecule has 0 amide bonds. The highest BCUT2D eigenvalue weighted by molar-refractivity contribution is 4.97. The Bertz CT molecular complexity index is 202. The van der Waals surface area contributed by atoms with Gasteiger partial charge in [-0.2, -0.15) is 0 Å². The van der Waals surface area contributed by atoms with Crippen LogP contribution in [0.2, 0.25) is 0 Å². The smallest absolute Gasteiger partial charge is 0.102 e. The van der Waals surface area contributed by atoms with Crippen molar-refractivity contribution in [3.8, 4) is 0 Å². The molecule has 1 saturated heterocycles. The van der Waals surface area contributed by atoms with E-state index in [0.717, 1.165) is 25.9 Å². The summed E-state index contributed by atoms with van der Waals surface area (Å²) >= 11 is 0. The van der Waals surface area contributed by atoms with Crippen molar-refractivity contribution >= 4 is 0 Å². The third kappa shape index (κ3) is 2.95. The zero-order valence-electron chi connectivity index (χ0n) is 11.2. The highest BCUT2D eigenvalue weighted by Gasteiger charge is 2.37. The number of halogens is 1. The summed E-state index contributed by atoms with van der Waals surface area (Å²) in [5.74, 6) is 0.589. The standard InChI is InChI=1S/C13H27FN2/c1-5-13(6-2)10-16(8-7-14)12(9-15-13)11(3)4/h11-12,15H,5-10H2,1-4H3. The first-order valence-electron chi connectivity index (χ1n) is 6.63. The first-order chi connectivity index (χ1) is 7.58. The molecule has 3 heteroatoms. The van der Waals surface area contributed by atoms with E-state index in [4.69, 9.17) is 0 Å². The fourth-order valence-electron chi connectivity index (χ4n) is 2.75. The van der Waals surface area contributed by atoms with Crippen LogP contribution in [0, 0.1) is 5.92 Å². The van der Waals surface area contributed by atoms with Crippen LogP contribution in [0.15, 0.2) is 0 Å². The molecule has 1 atom stereocenters. The van der Waals surface area contributed by atoms with E-state index in [1.165, 1.54) is 0 Å². The molecule has 96 valence electrons. The van der Waals surface area contributed by atoms with Gasteiger partial charge in [-0.25, -0.2) is 4.39 Å². The lowest BCUT2D eigenvalue weighted by molar-refractivity contribution is 0.0461. The number of nitrogens with zero attached hydrogens (tertiary/aromatic N) is 1. The normalized spacial score (nSPS) is 26.2. The first kappa shape index (κ1) is 13.9. The molecule has 1 unspecified atom stereocenters. The predicted octanol–water partition coefficient (Wildman–Crippen LogP) is 2.44. The van der Waals surface area contributed by atoms with Crippen molar-refractivity contribution in [3.05, 3.63) is 0 Å². The van der Waals surface area contributed by atoms with Gasteiger partial charge in [0, 0.05) is 31.2 Å². The minimum atomic E-state index is -0.229. The van der Waals surface area contributed by atoms with Crippen molar-refractivity contribution in [2.75, 3.05) is 26.3 Å². The van der Waals surface area contributed by atoms with Crippen molar-refractivity contribution in [1.82, 2.24) is 10.2 Å². The van der Waals surface area contributed by atoms with E-state index in [0.29, 0.717) is 18.5 Å². The fourth-order valence-corrected chi connectivity index (χ4v) is 2.75. The molecule has 1 rings (SSSR count). The molecule has 0 aromatic heterocycles. The maximum absolute atomic E-state index is 12.6. The van der Waals surface area contributed by atoms with Gasteiger partial charge >= 0.3 is 0 Å². The van der Waals surface area contributed by atoms with Gasteiger partial charge in [-0.1, -0.05) is 27.7 Å². The maximum Gasteiger partial charge on any atom is 0.102 e. The molecule has 0 saturated carbocycles. The molecule has 0 aromatic carbocycles. The Morgan fingerprint density at radius 1 is 1.38 bits per heavy atom. The molecular weight excluding hydrogens is 203 g/mol. The average molecular weight is 230 g/mol. The molecule has 0 spiro atoms. The van der Waals surface area contributed by atoms with E-state index in [1.54, 1.807) is 0 Å². The zero-order chi connectivity index (χ0) is 12.2. The lowest BCUT2D eigenvalue weighted by Gasteiger charge is -2.48. The third-order valence-corrected chi connectivity index (χ3v) is 4.16. The summed E-state index contributed by atoms with van der Waals surface area (Å²) in [6.07, 6.45) is 2.24. The Morgan fingerprint density at radius 3 is 2.44 bits per heavy atom. The summed E-state index contributed by atoms with van der Waals surface area (Å²) in [6, 6.07) is 0.488. The summed E-state index contributed by atoms with van der Waals surface area (Å²) in [7, 11) is 0. The molecule has 1 N–H and O–H groups in total. The van der Waals surface area contributed by atoms with Gasteiger partial charge in [0.1, 0.15) is 6.67 Å². The van der Waals surface area contributed by atoms with Crippen molar-refractivity contribution in [3.63, 3.8) is 0 Å². The van der Waals surface area contributed by atoms with Gasteiger partial charge in [0.25, 0.3) is 0 Å². The SMILES string of the molecule is CCC1(CC)CN(CCF)C(C(C)C)CN1. The van der Waals surface area contributed by atoms with Crippen LogP contribution in [0.25, 0.3) is 0 Å². The van der Waals surface area contributed by atoms with Gasteiger partial charge in [0.15, 0.2) is 0 Å². The van der Waals surface area contributed by atoms with E-state index < -0.39 is 0 Å². The summed E-state index contributed by atoms with van der Waals surface area (Å²) < 4.78 is 12.6. The van der Waals surface area contributed by atoms with Crippen molar-refractivity contribution < 1.29 is 4.39 Å². The molecule has 0 aromatic rings. The zero-order valence-corrected chi connectivity index (χ0v) is 11.2. The first-order valence-corrected chi connectivity index (χ1v) is 6.63. The van der Waals surface area contributed by atoms with E-state index in [2.05, 4.69) is 37.9 Å². The van der Waals surface area contributed by atoms with Crippen molar-refractivity contribution in [2.24, 2.45) is 5.92 Å². The van der Waals surface area contributed by atoms with Crippen LogP contribution in [0.3, 0.4) is 0 Å². The van der Waals surface area contributed by atoms with Crippen LogP contribution in [0.4, 0.5) is 4.39 Å². The van der Waals surface area contributed by atoms with Crippen molar-refractivity contribution in [2.45, 2.75) is 52.1 Å². The van der Waals surface area contributed by atoms with Gasteiger partial charge in [-0.05, 0) is 18.8 Å². The van der Waals surface area contributed by atoms with Gasteiger partial charge in [0.05, 0.1) is 0 Å². The molecule has 1 aliphatic rings. The van der Waals surface area contributed by atoms with Crippen LogP contribution in [-0.4, -0.2) is 42.8 Å². The monoisotopic (exact) mass is 230 g/mol. The summed E-state index contributed by atoms with van der Waals surface area (Å²) in [5.41, 5.74) is 0.209. The third-order valence-electron chi connectivity index (χ3n) is 4.16. The highest BCUT2D eigenvalue weighted by Crippen LogP contribution is 2.25. The van der Waals surface area contributed by atoms with Crippen LogP contribution in [0.5, 0.6) is 0 Å². The lowest BCUT2D eigenvalue weighted by atomic mass is 9.86. The number of hydrogen-bond acceptors (Lipinski definition) is 2. The lowest BCUT2D eigenvalue weighted by Crippen LogP contribution is -2.65. The Labute approximate surface area is 99.6 Å². The van der Waals surface area contributed by atoms with Gasteiger partial charge < -0.3 is 5.32 Å². The Kier molecular flexibility index (Phi) is 5.19. The number of hydrogen-bond donors (Lipinski definition) is 1. The molecule has 2 nitrogen and oxygen atoms in total. The second-order valence-corrected chi connectivity index (χ2v) is 5.34. The second kappa shape index (κ2) is 5.97. The topological polar surface area (TPSA) is 15.3 Å². The molecule has 1 heterocycles. The molecule has 0 bridgehead atoms. The Balaban J connectivity index is 2.70. The Morgan fingerprint density at radius 2 is 2.00 bits per heavy atom. The maximum atomic E-state index is 12.6. The number of alkyl halides is 1. The molecule has 16 heavy (non-hydrogen) atoms. The fraction of sp³-hybridized carbons (Fsp3) is 1.00. The Hall–Kier alpha value is -0.150. The van der Waals surface area contributed by atoms with E-state index in [-0.39, 0.29) is 12.2 Å². The van der Waals surface area contributed by atoms with Gasteiger partial charge in [-0.3, -0.25) is 4.90 Å². The van der Waals surface area contributed by atoms with Crippen LogP contribution in [0.1, 0.15) is 40.5 Å². The van der Waals surface area contributed by atoms with E-state index in [9.17, 15) is 4.39 Å². The number of nitrogens with one attached hydrogen (secondary N) is 1. The molecular formula is C13H27FN2. The summed E-state index contributed by atoms with van der Waals surface area (Å²) in [6.45, 7) is 11.2. The molecule has 0 radical (unpaired) electrons. The minimum absolute atomic E-state index is 0.209. The molecule has 1 aliphatic heterocycles. The summed E-state index contributed by atoms with van der Waals surface area (Å²) in [4.78, 5) is 2.34. The van der Waals surface area contributed by atoms with E-state index >= 15 is 0 Å². The molecule has 1 fully saturated rings. The van der Waals surface area contributed by atoms with Crippen LogP contribution in [-0.2, 0) is 0 Å². The summed E-state index contributed by atoms with van der Waals surface area (Å²) in [5, 5.41) is 3.69. The van der Waals surface area contributed by atoms with Crippen molar-refractivity contribution in [1.29, 1.82) is 0 Å². The number of piperazine rings is 1. The minimum Gasteiger partial charge on any atom is -0.308 e. The van der Waals surface area contributed by atoms with Crippen LogP contribution < -0.4 is 5.32 Å². The van der Waals surface area contributed by atoms with Crippen LogP contribution >= 0.6 is 0 Å². The quantitative estimate of drug-likeness (QED) is 0.780. The van der Waals surface area contributed by atoms with Gasteiger partial charge in [-0.15, -0.1) is 0 Å². The van der Waals surface area contributed by atoms with Gasteiger partial charge in [0.2, 0.25) is 0 Å². The molecule has 0 aliphatic carbocycles. The second-order valence-electron chi connectivity index (χ2n) is 5.34. The highest BCUT2D eigenvalue weighted by atomic mass is 19.1. The number of rotatable bonds is 5. The average Bonchev–Trinajstić information content (AvgIpc) is 2.29. The largest absolute Gasteiger partial charge is 0.308 e. The van der Waals surface area contributed by atoms with E-state index in [1.807, 2.05) is 0 Å².